The first-order valence-corrected chi connectivity index (χ1v) is 10.9. The van der Waals surface area contributed by atoms with Crippen molar-refractivity contribution >= 4 is 29.4 Å². The highest BCUT2D eigenvalue weighted by Crippen LogP contribution is 2.42. The van der Waals surface area contributed by atoms with Crippen molar-refractivity contribution in [3.8, 4) is 6.07 Å². The van der Waals surface area contributed by atoms with Gasteiger partial charge in [0.15, 0.2) is 0 Å². The van der Waals surface area contributed by atoms with E-state index in [2.05, 4.69) is 23.1 Å². The van der Waals surface area contributed by atoms with Gasteiger partial charge in [0.25, 0.3) is 0 Å². The molecule has 0 spiro atoms. The Bertz CT molecular complexity index is 900. The van der Waals surface area contributed by atoms with E-state index in [1.54, 1.807) is 34.7 Å². The van der Waals surface area contributed by atoms with Crippen molar-refractivity contribution in [3.63, 3.8) is 0 Å². The SMILES string of the molecule is CSc1ccc(C2CC(=O)N3CN(Cc4ccco4)CSC3=C2C#N)cc1. The quantitative estimate of drug-likeness (QED) is 0.720. The van der Waals surface area contributed by atoms with Crippen LogP contribution in [0.2, 0.25) is 0 Å². The van der Waals surface area contributed by atoms with E-state index in [0.29, 0.717) is 25.2 Å². The molecule has 1 saturated heterocycles. The number of benzene rings is 1. The fourth-order valence-corrected chi connectivity index (χ4v) is 5.00. The summed E-state index contributed by atoms with van der Waals surface area (Å²) in [5.74, 6) is 1.51. The molecular weight excluding hydrogens is 378 g/mol. The minimum atomic E-state index is -0.159. The second kappa shape index (κ2) is 7.85. The number of rotatable bonds is 4. The summed E-state index contributed by atoms with van der Waals surface area (Å²) in [5.41, 5.74) is 1.73. The van der Waals surface area contributed by atoms with Gasteiger partial charge in [0.05, 0.1) is 42.0 Å². The van der Waals surface area contributed by atoms with Gasteiger partial charge in [-0.15, -0.1) is 11.8 Å². The van der Waals surface area contributed by atoms with Crippen LogP contribution >= 0.6 is 23.5 Å². The summed E-state index contributed by atoms with van der Waals surface area (Å²) in [5, 5.41) is 10.6. The first kappa shape index (κ1) is 18.2. The van der Waals surface area contributed by atoms with Gasteiger partial charge >= 0.3 is 0 Å². The lowest BCUT2D eigenvalue weighted by molar-refractivity contribution is -0.132. The smallest absolute Gasteiger partial charge is 0.229 e. The van der Waals surface area contributed by atoms with Gasteiger partial charge in [-0.05, 0) is 36.1 Å². The maximum absolute atomic E-state index is 12.9. The van der Waals surface area contributed by atoms with Gasteiger partial charge in [-0.1, -0.05) is 23.9 Å². The molecule has 0 radical (unpaired) electrons. The van der Waals surface area contributed by atoms with Crippen LogP contribution < -0.4 is 0 Å². The fraction of sp³-hybridized carbons (Fsp3) is 0.300. The molecule has 1 atom stereocenters. The first-order valence-electron chi connectivity index (χ1n) is 8.65. The van der Waals surface area contributed by atoms with Crippen LogP contribution in [0.4, 0.5) is 0 Å². The second-order valence-electron chi connectivity index (χ2n) is 6.51. The fourth-order valence-electron chi connectivity index (χ4n) is 3.45. The maximum Gasteiger partial charge on any atom is 0.229 e. The van der Waals surface area contributed by atoms with Crippen LogP contribution in [0.3, 0.4) is 0 Å². The summed E-state index contributed by atoms with van der Waals surface area (Å²) < 4.78 is 5.41. The van der Waals surface area contributed by atoms with Crippen molar-refractivity contribution < 1.29 is 9.21 Å². The third-order valence-corrected chi connectivity index (χ3v) is 6.78. The minimum absolute atomic E-state index is 0.0691. The molecule has 0 saturated carbocycles. The summed E-state index contributed by atoms with van der Waals surface area (Å²) in [6.45, 7) is 1.14. The molecule has 27 heavy (non-hydrogen) atoms. The van der Waals surface area contributed by atoms with Crippen molar-refractivity contribution in [1.29, 1.82) is 5.26 Å². The second-order valence-corrected chi connectivity index (χ2v) is 8.32. The molecule has 2 aliphatic rings. The number of amides is 1. The van der Waals surface area contributed by atoms with E-state index in [9.17, 15) is 10.1 Å². The normalized spacial score (nSPS) is 20.5. The number of allylic oxidation sites excluding steroid dienone is 1. The molecule has 2 aromatic rings. The molecule has 4 rings (SSSR count). The lowest BCUT2D eigenvalue weighted by Crippen LogP contribution is -2.46. The van der Waals surface area contributed by atoms with Crippen molar-refractivity contribution in [2.75, 3.05) is 18.8 Å². The summed E-state index contributed by atoms with van der Waals surface area (Å²) >= 11 is 3.24. The van der Waals surface area contributed by atoms with Crippen LogP contribution in [0.25, 0.3) is 0 Å². The lowest BCUT2D eigenvalue weighted by atomic mass is 9.86. The number of thioether (sulfide) groups is 2. The monoisotopic (exact) mass is 397 g/mol. The summed E-state index contributed by atoms with van der Waals surface area (Å²) in [7, 11) is 0. The van der Waals surface area contributed by atoms with Gasteiger partial charge in [0.2, 0.25) is 5.91 Å². The highest BCUT2D eigenvalue weighted by Gasteiger charge is 2.38. The van der Waals surface area contributed by atoms with E-state index in [1.165, 1.54) is 4.90 Å². The molecule has 0 aliphatic carbocycles. The van der Waals surface area contributed by atoms with E-state index in [-0.39, 0.29) is 11.8 Å². The molecule has 3 heterocycles. The Morgan fingerprint density at radius 1 is 1.33 bits per heavy atom. The highest BCUT2D eigenvalue weighted by molar-refractivity contribution is 8.03. The topological polar surface area (TPSA) is 60.5 Å². The zero-order valence-corrected chi connectivity index (χ0v) is 16.6. The zero-order valence-electron chi connectivity index (χ0n) is 14.9. The molecule has 2 aliphatic heterocycles. The Morgan fingerprint density at radius 3 is 2.81 bits per heavy atom. The molecule has 138 valence electrons. The standard InChI is InChI=1S/C20H19N3O2S2/c1-26-16-6-4-14(5-7-16)17-9-19(24)23-12-22(11-15-3-2-8-25-15)13-27-20(23)18(17)10-21/h2-8,17H,9,11-13H2,1H3. The van der Waals surface area contributed by atoms with Crippen molar-refractivity contribution in [3.05, 3.63) is 64.6 Å². The Labute approximate surface area is 167 Å². The molecule has 0 bridgehead atoms. The van der Waals surface area contributed by atoms with E-state index >= 15 is 0 Å². The van der Waals surface area contributed by atoms with Crippen LogP contribution in [-0.2, 0) is 11.3 Å². The molecule has 7 heteroatoms. The number of nitriles is 1. The van der Waals surface area contributed by atoms with Gasteiger partial charge in [-0.2, -0.15) is 5.26 Å². The van der Waals surface area contributed by atoms with Crippen LogP contribution in [0.15, 0.2) is 62.6 Å². The van der Waals surface area contributed by atoms with Gasteiger partial charge in [-0.25, -0.2) is 0 Å². The van der Waals surface area contributed by atoms with Crippen molar-refractivity contribution in [2.45, 2.75) is 23.8 Å². The molecule has 5 nitrogen and oxygen atoms in total. The van der Waals surface area contributed by atoms with Gasteiger partial charge in [0, 0.05) is 17.2 Å². The van der Waals surface area contributed by atoms with Crippen molar-refractivity contribution in [1.82, 2.24) is 9.80 Å². The molecule has 1 aromatic carbocycles. The minimum Gasteiger partial charge on any atom is -0.468 e. The predicted octanol–water partition coefficient (Wildman–Crippen LogP) is 4.22. The Balaban J connectivity index is 1.59. The highest BCUT2D eigenvalue weighted by atomic mass is 32.2. The van der Waals surface area contributed by atoms with Crippen LogP contribution in [0.5, 0.6) is 0 Å². The van der Waals surface area contributed by atoms with Gasteiger partial charge in [-0.3, -0.25) is 14.6 Å². The number of carbonyl (C=O) groups excluding carboxylic acids is 1. The van der Waals surface area contributed by atoms with Crippen LogP contribution in [-0.4, -0.2) is 34.5 Å². The maximum atomic E-state index is 12.9. The molecule has 1 amide bonds. The van der Waals surface area contributed by atoms with Crippen molar-refractivity contribution in [2.24, 2.45) is 0 Å². The largest absolute Gasteiger partial charge is 0.468 e. The number of carbonyl (C=O) groups is 1. The third-order valence-electron chi connectivity index (χ3n) is 4.83. The molecule has 0 N–H and O–H groups in total. The van der Waals surface area contributed by atoms with E-state index in [4.69, 9.17) is 4.42 Å². The molecular formula is C20H19N3O2S2. The average molecular weight is 398 g/mol. The number of furan rings is 1. The first-order chi connectivity index (χ1) is 13.2. The average Bonchev–Trinajstić information content (AvgIpc) is 3.21. The number of nitrogens with zero attached hydrogens (tertiary/aromatic N) is 3. The molecule has 1 fully saturated rings. The Hall–Kier alpha value is -2.14. The van der Waals surface area contributed by atoms with E-state index < -0.39 is 0 Å². The third kappa shape index (κ3) is 3.65. The van der Waals surface area contributed by atoms with E-state index in [0.717, 1.165) is 22.2 Å². The molecule has 1 aromatic heterocycles. The van der Waals surface area contributed by atoms with Crippen LogP contribution in [0, 0.1) is 11.3 Å². The van der Waals surface area contributed by atoms with Gasteiger partial charge < -0.3 is 4.42 Å². The Kier molecular flexibility index (Phi) is 5.30. The summed E-state index contributed by atoms with van der Waals surface area (Å²) in [6.07, 6.45) is 4.03. The molecule has 1 unspecified atom stereocenters. The summed E-state index contributed by atoms with van der Waals surface area (Å²) in [4.78, 5) is 17.9. The number of hydrogen-bond acceptors (Lipinski definition) is 6. The number of fused-ring (bicyclic) bond motifs is 1. The Morgan fingerprint density at radius 2 is 2.15 bits per heavy atom. The van der Waals surface area contributed by atoms with E-state index in [1.807, 2.05) is 30.5 Å². The summed E-state index contributed by atoms with van der Waals surface area (Å²) in [6, 6.07) is 14.4. The lowest BCUT2D eigenvalue weighted by Gasteiger charge is -2.41. The predicted molar refractivity (Wildman–Crippen MR) is 107 cm³/mol. The van der Waals surface area contributed by atoms with Crippen LogP contribution in [0.1, 0.15) is 23.7 Å². The zero-order chi connectivity index (χ0) is 18.8. The number of hydrogen-bond donors (Lipinski definition) is 0. The van der Waals surface area contributed by atoms with Gasteiger partial charge in [0.1, 0.15) is 5.76 Å².